The van der Waals surface area contributed by atoms with Crippen molar-refractivity contribution in [3.63, 3.8) is 0 Å². The van der Waals surface area contributed by atoms with Crippen LogP contribution in [-0.2, 0) is 30.6 Å². The van der Waals surface area contributed by atoms with Crippen LogP contribution in [0.1, 0.15) is 52.0 Å². The van der Waals surface area contributed by atoms with Crippen molar-refractivity contribution in [2.45, 2.75) is 77.0 Å². The quantitative estimate of drug-likeness (QED) is 0.603. The topological polar surface area (TPSA) is 46.2 Å². The maximum atomic E-state index is 6.54. The average molecular weight is 425 g/mol. The van der Waals surface area contributed by atoms with Crippen molar-refractivity contribution >= 4 is 10.8 Å². The molecule has 2 aromatic rings. The van der Waals surface area contributed by atoms with Gasteiger partial charge in [0.1, 0.15) is 0 Å². The second-order valence-electron chi connectivity index (χ2n) is 10.2. The fourth-order valence-corrected chi connectivity index (χ4v) is 6.65. The smallest absolute Gasteiger partial charge is 0.201 e. The maximum Gasteiger partial charge on any atom is 0.201 e. The number of ether oxygens (including phenoxy) is 3. The molecule has 1 aliphatic carbocycles. The van der Waals surface area contributed by atoms with E-state index in [-0.39, 0.29) is 18.1 Å². The molecule has 1 saturated carbocycles. The fourth-order valence-electron chi connectivity index (χ4n) is 6.65. The second-order valence-corrected chi connectivity index (χ2v) is 10.2. The molecule has 0 unspecified atom stereocenters. The predicted octanol–water partition coefficient (Wildman–Crippen LogP) is 5.56. The Balaban J connectivity index is 1.29. The Morgan fingerprint density at radius 3 is 2.71 bits per heavy atom. The van der Waals surface area contributed by atoms with Gasteiger partial charge in [-0.25, -0.2) is 9.78 Å². The van der Waals surface area contributed by atoms with E-state index in [1.54, 1.807) is 0 Å². The molecular formula is C26H32O5. The average Bonchev–Trinajstić information content (AvgIpc) is 3.01. The lowest BCUT2D eigenvalue weighted by Gasteiger charge is -2.60. The Bertz CT molecular complexity index is 972. The number of fused-ring (bicyclic) bond motifs is 3. The summed E-state index contributed by atoms with van der Waals surface area (Å²) in [7, 11) is 0. The fraction of sp³-hybridized carbons (Fsp3) is 0.615. The number of hydrogen-bond donors (Lipinski definition) is 0. The Hall–Kier alpha value is -1.50. The van der Waals surface area contributed by atoms with Crippen molar-refractivity contribution in [1.29, 1.82) is 0 Å². The zero-order valence-corrected chi connectivity index (χ0v) is 18.6. The van der Waals surface area contributed by atoms with Crippen LogP contribution >= 0.6 is 0 Å². The van der Waals surface area contributed by atoms with E-state index >= 15 is 0 Å². The third kappa shape index (κ3) is 3.01. The normalized spacial score (nSPS) is 44.1. The molecule has 4 heterocycles. The van der Waals surface area contributed by atoms with Gasteiger partial charge in [-0.1, -0.05) is 56.3 Å². The maximum absolute atomic E-state index is 6.54. The SMILES string of the molecule is C[C@H]1[C@@H](OCc2cccc3ccccc23)O[C@@H]2O[C@@]3(C)CC[C@H]4[C@H](C)CC[C@@H]1[C@@]24OO3. The molecule has 2 aromatic carbocycles. The van der Waals surface area contributed by atoms with Gasteiger partial charge in [0.25, 0.3) is 0 Å². The van der Waals surface area contributed by atoms with E-state index in [2.05, 4.69) is 56.3 Å². The van der Waals surface area contributed by atoms with Crippen molar-refractivity contribution in [2.24, 2.45) is 23.7 Å². The Morgan fingerprint density at radius 2 is 1.81 bits per heavy atom. The summed E-state index contributed by atoms with van der Waals surface area (Å²) in [4.78, 5) is 12.1. The highest BCUT2D eigenvalue weighted by atomic mass is 17.3. The Morgan fingerprint density at radius 1 is 0.968 bits per heavy atom. The van der Waals surface area contributed by atoms with Crippen LogP contribution in [0.3, 0.4) is 0 Å². The molecule has 0 aromatic heterocycles. The van der Waals surface area contributed by atoms with E-state index in [0.29, 0.717) is 18.4 Å². The summed E-state index contributed by atoms with van der Waals surface area (Å²) in [6, 6.07) is 14.8. The number of rotatable bonds is 3. The van der Waals surface area contributed by atoms with E-state index in [1.165, 1.54) is 22.8 Å². The van der Waals surface area contributed by atoms with Crippen LogP contribution in [-0.4, -0.2) is 24.0 Å². The molecule has 1 spiro atoms. The number of hydrogen-bond acceptors (Lipinski definition) is 5. The van der Waals surface area contributed by atoms with Gasteiger partial charge < -0.3 is 14.2 Å². The van der Waals surface area contributed by atoms with Crippen molar-refractivity contribution in [2.75, 3.05) is 0 Å². The first-order chi connectivity index (χ1) is 15.0. The van der Waals surface area contributed by atoms with Gasteiger partial charge in [-0.15, -0.1) is 0 Å². The molecule has 0 amide bonds. The van der Waals surface area contributed by atoms with Gasteiger partial charge in [0.05, 0.1) is 6.61 Å². The highest BCUT2D eigenvalue weighted by molar-refractivity contribution is 5.85. The van der Waals surface area contributed by atoms with Crippen molar-refractivity contribution < 1.29 is 24.0 Å². The van der Waals surface area contributed by atoms with Gasteiger partial charge in [0.2, 0.25) is 5.79 Å². The largest absolute Gasteiger partial charge is 0.348 e. The zero-order valence-electron chi connectivity index (χ0n) is 18.6. The minimum Gasteiger partial charge on any atom is -0.348 e. The van der Waals surface area contributed by atoms with Crippen molar-refractivity contribution in [3.05, 3.63) is 48.0 Å². The number of benzene rings is 2. The Labute approximate surface area is 183 Å². The van der Waals surface area contributed by atoms with Crippen molar-refractivity contribution in [3.8, 4) is 0 Å². The third-order valence-electron chi connectivity index (χ3n) is 8.38. The van der Waals surface area contributed by atoms with Crippen LogP contribution in [0.15, 0.2) is 42.5 Å². The molecule has 8 atom stereocenters. The minimum atomic E-state index is -0.752. The lowest BCUT2D eigenvalue weighted by Crippen LogP contribution is -2.70. The molecule has 5 nitrogen and oxygen atoms in total. The predicted molar refractivity (Wildman–Crippen MR) is 116 cm³/mol. The van der Waals surface area contributed by atoms with E-state index < -0.39 is 17.7 Å². The molecule has 166 valence electrons. The summed E-state index contributed by atoms with van der Waals surface area (Å²) in [5.74, 6) is 0.666. The summed E-state index contributed by atoms with van der Waals surface area (Å²) in [6.07, 6.45) is 3.36. The molecule has 7 rings (SSSR count). The first-order valence-electron chi connectivity index (χ1n) is 11.8. The van der Waals surface area contributed by atoms with Gasteiger partial charge in [-0.05, 0) is 54.4 Å². The highest BCUT2D eigenvalue weighted by Crippen LogP contribution is 2.60. The lowest BCUT2D eigenvalue weighted by atomic mass is 9.58. The van der Waals surface area contributed by atoms with Crippen LogP contribution in [0.2, 0.25) is 0 Å². The van der Waals surface area contributed by atoms with Gasteiger partial charge in [-0.2, -0.15) is 0 Å². The summed E-state index contributed by atoms with van der Waals surface area (Å²) >= 11 is 0. The third-order valence-corrected chi connectivity index (χ3v) is 8.38. The summed E-state index contributed by atoms with van der Waals surface area (Å²) in [5.41, 5.74) is 0.644. The van der Waals surface area contributed by atoms with Crippen LogP contribution < -0.4 is 0 Å². The monoisotopic (exact) mass is 424 g/mol. The molecule has 4 aliphatic heterocycles. The van der Waals surface area contributed by atoms with Crippen LogP contribution in [0.25, 0.3) is 10.8 Å². The zero-order chi connectivity index (χ0) is 21.2. The standard InChI is InChI=1S/C26H32O5/c1-16-11-12-22-17(2)23(27-15-19-9-6-8-18-7-4-5-10-20(18)19)28-24-26(22)21(16)13-14-25(3,29-24)30-31-26/h4-10,16-17,21-24H,11-15H2,1-3H3/t16-,17-,21+,22+,23+,24-,25-,26-/m1/s1. The van der Waals surface area contributed by atoms with Crippen molar-refractivity contribution in [1.82, 2.24) is 0 Å². The molecule has 4 saturated heterocycles. The summed E-state index contributed by atoms with van der Waals surface area (Å²) in [5, 5.41) is 2.46. The molecule has 0 radical (unpaired) electrons. The van der Waals surface area contributed by atoms with Gasteiger partial charge in [0.15, 0.2) is 18.2 Å². The Kier molecular flexibility index (Phi) is 4.71. The molecule has 5 fully saturated rings. The second kappa shape index (κ2) is 7.26. The van der Waals surface area contributed by atoms with Gasteiger partial charge >= 0.3 is 0 Å². The first kappa shape index (κ1) is 20.1. The van der Waals surface area contributed by atoms with Crippen LogP contribution in [0.4, 0.5) is 0 Å². The van der Waals surface area contributed by atoms with Crippen LogP contribution in [0, 0.1) is 23.7 Å². The summed E-state index contributed by atoms with van der Waals surface area (Å²) < 4.78 is 19.4. The highest BCUT2D eigenvalue weighted by Gasteiger charge is 2.69. The molecule has 5 aliphatic rings. The molecule has 31 heavy (non-hydrogen) atoms. The lowest BCUT2D eigenvalue weighted by molar-refractivity contribution is -0.577. The molecular weight excluding hydrogens is 392 g/mol. The molecule has 5 heteroatoms. The van der Waals surface area contributed by atoms with E-state index in [4.69, 9.17) is 24.0 Å². The van der Waals surface area contributed by atoms with E-state index in [9.17, 15) is 0 Å². The van der Waals surface area contributed by atoms with E-state index in [1.807, 2.05) is 6.92 Å². The van der Waals surface area contributed by atoms with E-state index in [0.717, 1.165) is 19.3 Å². The molecule has 2 bridgehead atoms. The first-order valence-corrected chi connectivity index (χ1v) is 11.8. The van der Waals surface area contributed by atoms with Gasteiger partial charge in [0, 0.05) is 18.3 Å². The van der Waals surface area contributed by atoms with Gasteiger partial charge in [-0.3, -0.25) is 0 Å². The van der Waals surface area contributed by atoms with Crippen LogP contribution in [0.5, 0.6) is 0 Å². The summed E-state index contributed by atoms with van der Waals surface area (Å²) in [6.45, 7) is 7.05. The molecule has 0 N–H and O–H groups in total. The minimum absolute atomic E-state index is 0.191.